The van der Waals surface area contributed by atoms with E-state index in [1.54, 1.807) is 0 Å². The third-order valence-electron chi connectivity index (χ3n) is 4.09. The number of H-pyrrole nitrogens is 1. The molecule has 9 nitrogen and oxygen atoms in total. The lowest BCUT2D eigenvalue weighted by molar-refractivity contribution is 0.301. The number of aromatic nitrogens is 3. The number of benzene rings is 1. The topological polar surface area (TPSA) is 116 Å². The van der Waals surface area contributed by atoms with Gasteiger partial charge in [-0.2, -0.15) is 5.10 Å². The van der Waals surface area contributed by atoms with Crippen LogP contribution in [0.5, 0.6) is 0 Å². The molecule has 25 heavy (non-hydrogen) atoms. The molecule has 0 amide bonds. The van der Waals surface area contributed by atoms with Crippen LogP contribution in [0.15, 0.2) is 30.3 Å². The number of hydrazine groups is 2. The first-order chi connectivity index (χ1) is 12.1. The van der Waals surface area contributed by atoms with Crippen molar-refractivity contribution in [3.05, 3.63) is 40.9 Å². The fourth-order valence-corrected chi connectivity index (χ4v) is 3.00. The van der Waals surface area contributed by atoms with Crippen LogP contribution in [0.4, 0.5) is 5.69 Å². The molecule has 0 aliphatic carbocycles. The third-order valence-corrected chi connectivity index (χ3v) is 4.69. The van der Waals surface area contributed by atoms with E-state index in [1.165, 1.54) is 9.69 Å². The van der Waals surface area contributed by atoms with E-state index in [1.807, 2.05) is 18.2 Å². The Balaban J connectivity index is 1.66. The minimum atomic E-state index is -0.0530. The molecule has 1 atom stereocenters. The summed E-state index contributed by atoms with van der Waals surface area (Å²) in [6.45, 7) is 1.53. The average Bonchev–Trinajstić information content (AvgIpc) is 3.12. The second-order valence-electron chi connectivity index (χ2n) is 5.67. The number of nitrogen functional groups attached to an aromatic ring is 1. The Morgan fingerprint density at radius 1 is 1.16 bits per heavy atom. The number of nitrogens with two attached hydrogens (primary N) is 2. The van der Waals surface area contributed by atoms with Gasteiger partial charge in [0.15, 0.2) is 10.9 Å². The van der Waals surface area contributed by atoms with E-state index in [9.17, 15) is 0 Å². The molecule has 1 saturated heterocycles. The first kappa shape index (κ1) is 17.6. The molecule has 3 rings (SSSR count). The number of rotatable bonds is 7. The summed E-state index contributed by atoms with van der Waals surface area (Å²) in [5.74, 6) is 12.5. The van der Waals surface area contributed by atoms with Gasteiger partial charge in [-0.25, -0.2) is 15.9 Å². The SMILES string of the molecule is NN1C(=S)NNC1CCN(CCc1n[nH]c(=S)n1N)c1ccccc1. The molecule has 1 aromatic carbocycles. The standard InChI is InChI=1S/C14H21N9S2/c15-22-11(17-19-13(22)24)6-8-21(10-4-2-1-3-5-10)9-7-12-18-20-14(25)23(12)16/h1-5,11,17H,6-9,15-16H2,(H,19,24)(H,20,25). The van der Waals surface area contributed by atoms with E-state index in [0.29, 0.717) is 22.1 Å². The molecule has 2 heterocycles. The number of hydrogen-bond donors (Lipinski definition) is 5. The van der Waals surface area contributed by atoms with E-state index in [0.717, 1.165) is 25.2 Å². The molecule has 0 spiro atoms. The Kier molecular flexibility index (Phi) is 5.48. The van der Waals surface area contributed by atoms with Crippen LogP contribution in [0, 0.1) is 4.77 Å². The second-order valence-corrected chi connectivity index (χ2v) is 6.45. The van der Waals surface area contributed by atoms with E-state index in [4.69, 9.17) is 36.1 Å². The van der Waals surface area contributed by atoms with Crippen LogP contribution in [-0.4, -0.2) is 44.3 Å². The zero-order valence-corrected chi connectivity index (χ0v) is 15.2. The Hall–Kier alpha value is -2.21. The van der Waals surface area contributed by atoms with Crippen molar-refractivity contribution in [2.45, 2.75) is 19.0 Å². The fraction of sp³-hybridized carbons (Fsp3) is 0.357. The number of nitrogens with zero attached hydrogens (tertiary/aromatic N) is 4. The van der Waals surface area contributed by atoms with Crippen molar-refractivity contribution in [3.8, 4) is 0 Å². The van der Waals surface area contributed by atoms with E-state index in [-0.39, 0.29) is 6.17 Å². The lowest BCUT2D eigenvalue weighted by atomic mass is 10.2. The number of nitrogens with one attached hydrogen (secondary N) is 3. The van der Waals surface area contributed by atoms with Gasteiger partial charge in [-0.05, 0) is 36.6 Å². The normalized spacial score (nSPS) is 16.9. The lowest BCUT2D eigenvalue weighted by Gasteiger charge is -2.27. The summed E-state index contributed by atoms with van der Waals surface area (Å²) in [5, 5.41) is 8.90. The van der Waals surface area contributed by atoms with E-state index < -0.39 is 0 Å². The van der Waals surface area contributed by atoms with E-state index in [2.05, 4.69) is 38.1 Å². The minimum Gasteiger partial charge on any atom is -0.371 e. The van der Waals surface area contributed by atoms with Crippen LogP contribution in [0.3, 0.4) is 0 Å². The van der Waals surface area contributed by atoms with Gasteiger partial charge in [-0.15, -0.1) is 0 Å². The molecule has 1 fully saturated rings. The maximum absolute atomic E-state index is 5.94. The van der Waals surface area contributed by atoms with Gasteiger partial charge in [0.25, 0.3) is 0 Å². The highest BCUT2D eigenvalue weighted by Crippen LogP contribution is 2.15. The first-order valence-electron chi connectivity index (χ1n) is 7.87. The van der Waals surface area contributed by atoms with Crippen LogP contribution in [0.25, 0.3) is 0 Å². The molecule has 0 radical (unpaired) electrons. The van der Waals surface area contributed by atoms with E-state index >= 15 is 0 Å². The van der Waals surface area contributed by atoms with Crippen LogP contribution < -0.4 is 27.4 Å². The summed E-state index contributed by atoms with van der Waals surface area (Å²) >= 11 is 10.2. The van der Waals surface area contributed by atoms with Crippen molar-refractivity contribution < 1.29 is 0 Å². The molecule has 11 heteroatoms. The van der Waals surface area contributed by atoms with Crippen molar-refractivity contribution >= 4 is 35.2 Å². The Bertz CT molecular complexity index is 772. The van der Waals surface area contributed by atoms with Crippen molar-refractivity contribution in [2.75, 3.05) is 23.8 Å². The monoisotopic (exact) mass is 379 g/mol. The van der Waals surface area contributed by atoms with Gasteiger partial charge in [0.05, 0.1) is 0 Å². The highest BCUT2D eigenvalue weighted by atomic mass is 32.1. The first-order valence-corrected chi connectivity index (χ1v) is 8.68. The molecule has 0 saturated carbocycles. The summed E-state index contributed by atoms with van der Waals surface area (Å²) in [4.78, 5) is 2.26. The maximum atomic E-state index is 5.94. The third kappa shape index (κ3) is 4.07. The maximum Gasteiger partial charge on any atom is 0.214 e. The largest absolute Gasteiger partial charge is 0.371 e. The number of aromatic amines is 1. The summed E-state index contributed by atoms with van der Waals surface area (Å²) < 4.78 is 1.82. The Morgan fingerprint density at radius 3 is 2.52 bits per heavy atom. The molecular formula is C14H21N9S2. The van der Waals surface area contributed by atoms with Gasteiger partial charge in [0.1, 0.15) is 6.17 Å². The van der Waals surface area contributed by atoms with Gasteiger partial charge in [-0.3, -0.25) is 15.5 Å². The minimum absolute atomic E-state index is 0.0530. The zero-order valence-electron chi connectivity index (χ0n) is 13.6. The number of para-hydroxylation sites is 1. The van der Waals surface area contributed by atoms with Gasteiger partial charge >= 0.3 is 0 Å². The van der Waals surface area contributed by atoms with Crippen molar-refractivity contribution in [1.82, 2.24) is 30.7 Å². The Morgan fingerprint density at radius 2 is 1.92 bits per heavy atom. The molecule has 2 aromatic rings. The molecule has 1 aliphatic rings. The quantitative estimate of drug-likeness (QED) is 0.334. The predicted molar refractivity (Wildman–Crippen MR) is 103 cm³/mol. The zero-order chi connectivity index (χ0) is 17.8. The van der Waals surface area contributed by atoms with Crippen molar-refractivity contribution in [3.63, 3.8) is 0 Å². The van der Waals surface area contributed by atoms with Crippen LogP contribution >= 0.6 is 24.4 Å². The Labute approximate surface area is 155 Å². The van der Waals surface area contributed by atoms with Gasteiger partial charge in [0, 0.05) is 31.6 Å². The second kappa shape index (κ2) is 7.78. The summed E-state index contributed by atoms with van der Waals surface area (Å²) in [7, 11) is 0. The molecule has 134 valence electrons. The van der Waals surface area contributed by atoms with Gasteiger partial charge in [0.2, 0.25) is 4.77 Å². The van der Waals surface area contributed by atoms with Gasteiger partial charge in [-0.1, -0.05) is 18.2 Å². The van der Waals surface area contributed by atoms with Crippen molar-refractivity contribution in [1.29, 1.82) is 0 Å². The lowest BCUT2D eigenvalue weighted by Crippen LogP contribution is -2.44. The van der Waals surface area contributed by atoms with Crippen LogP contribution in [0.1, 0.15) is 12.2 Å². The number of hydrogen-bond acceptors (Lipinski definition) is 7. The average molecular weight is 380 g/mol. The molecule has 1 aromatic heterocycles. The predicted octanol–water partition coefficient (Wildman–Crippen LogP) is -0.0118. The number of anilines is 1. The smallest absolute Gasteiger partial charge is 0.214 e. The molecule has 1 unspecified atom stereocenters. The molecule has 0 bridgehead atoms. The summed E-state index contributed by atoms with van der Waals surface area (Å²) in [6, 6.07) is 10.2. The molecular weight excluding hydrogens is 358 g/mol. The van der Waals surface area contributed by atoms with Crippen molar-refractivity contribution in [2.24, 2.45) is 5.84 Å². The number of thiocarbonyl (C=S) groups is 1. The van der Waals surface area contributed by atoms with Gasteiger partial charge < -0.3 is 10.7 Å². The molecule has 1 aliphatic heterocycles. The highest BCUT2D eigenvalue weighted by Gasteiger charge is 2.25. The summed E-state index contributed by atoms with van der Waals surface area (Å²) in [6.07, 6.45) is 1.40. The summed E-state index contributed by atoms with van der Waals surface area (Å²) in [5.41, 5.74) is 7.07. The van der Waals surface area contributed by atoms with Crippen LogP contribution in [-0.2, 0) is 6.42 Å². The van der Waals surface area contributed by atoms with Crippen LogP contribution in [0.2, 0.25) is 0 Å². The highest BCUT2D eigenvalue weighted by molar-refractivity contribution is 7.80. The fourth-order valence-electron chi connectivity index (χ4n) is 2.67. The molecule has 7 N–H and O–H groups in total.